The van der Waals surface area contributed by atoms with Crippen LogP contribution in [-0.4, -0.2) is 73.3 Å². The fourth-order valence-electron chi connectivity index (χ4n) is 5.02. The van der Waals surface area contributed by atoms with E-state index in [4.69, 9.17) is 4.74 Å². The third-order valence-corrected chi connectivity index (χ3v) is 6.77. The van der Waals surface area contributed by atoms with Gasteiger partial charge in [-0.2, -0.15) is 23.3 Å². The molecule has 1 unspecified atom stereocenters. The van der Waals surface area contributed by atoms with Crippen molar-refractivity contribution in [2.45, 2.75) is 50.3 Å². The van der Waals surface area contributed by atoms with E-state index in [0.29, 0.717) is 26.2 Å². The fourth-order valence-corrected chi connectivity index (χ4v) is 5.02. The summed E-state index contributed by atoms with van der Waals surface area (Å²) in [6.45, 7) is 2.79. The Labute approximate surface area is 182 Å². The first-order valence-corrected chi connectivity index (χ1v) is 10.8. The van der Waals surface area contributed by atoms with Crippen molar-refractivity contribution >= 4 is 6.03 Å². The Kier molecular flexibility index (Phi) is 5.17. The number of aromatic nitrogens is 5. The Morgan fingerprint density at radius 2 is 1.94 bits per heavy atom. The first-order chi connectivity index (χ1) is 15.3. The quantitative estimate of drug-likeness (QED) is 0.770. The maximum Gasteiger partial charge on any atom is 0.451 e. The van der Waals surface area contributed by atoms with Crippen LogP contribution in [0.15, 0.2) is 18.6 Å². The number of alkyl halides is 3. The van der Waals surface area contributed by atoms with E-state index < -0.39 is 12.0 Å². The molecule has 32 heavy (non-hydrogen) atoms. The number of aromatic amines is 1. The average Bonchev–Trinajstić information content (AvgIpc) is 3.44. The molecule has 1 aliphatic carbocycles. The van der Waals surface area contributed by atoms with Crippen LogP contribution in [0, 0.1) is 5.41 Å². The molecule has 1 N–H and O–H groups in total. The highest BCUT2D eigenvalue weighted by molar-refractivity contribution is 5.76. The number of carbonyl (C=O) groups excluding carboxylic acids is 1. The van der Waals surface area contributed by atoms with Crippen LogP contribution in [0.1, 0.15) is 49.7 Å². The zero-order chi connectivity index (χ0) is 22.3. The summed E-state index contributed by atoms with van der Waals surface area (Å²) in [5.74, 6) is -0.217. The third kappa shape index (κ3) is 4.09. The Morgan fingerprint density at radius 3 is 2.62 bits per heavy atom. The molecule has 12 heteroatoms. The molecule has 2 aromatic rings. The molecule has 2 aromatic heterocycles. The number of hydrogen-bond donors (Lipinski definition) is 1. The first-order valence-electron chi connectivity index (χ1n) is 10.8. The number of ether oxygens (including phenoxy) is 1. The van der Waals surface area contributed by atoms with Crippen molar-refractivity contribution in [1.29, 1.82) is 0 Å². The summed E-state index contributed by atoms with van der Waals surface area (Å²) in [6, 6.07) is 1.42. The van der Waals surface area contributed by atoms with Crippen LogP contribution in [0.2, 0.25) is 0 Å². The molecule has 3 aliphatic rings. The summed E-state index contributed by atoms with van der Waals surface area (Å²) < 4.78 is 44.1. The lowest BCUT2D eigenvalue weighted by Crippen LogP contribution is -2.62. The number of hydrogen-bond acceptors (Lipinski definition) is 6. The van der Waals surface area contributed by atoms with E-state index in [9.17, 15) is 18.0 Å². The fraction of sp³-hybridized carbons (Fsp3) is 0.650. The molecule has 0 radical (unpaired) electrons. The number of nitrogens with zero attached hydrogens (tertiary/aromatic N) is 6. The van der Waals surface area contributed by atoms with Crippen LogP contribution in [0.5, 0.6) is 5.88 Å². The van der Waals surface area contributed by atoms with Gasteiger partial charge in [0.15, 0.2) is 0 Å². The van der Waals surface area contributed by atoms with Crippen LogP contribution >= 0.6 is 0 Å². The molecule has 0 bridgehead atoms. The maximum absolute atomic E-state index is 12.9. The van der Waals surface area contributed by atoms with Gasteiger partial charge in [0.2, 0.25) is 11.7 Å². The van der Waals surface area contributed by atoms with Gasteiger partial charge < -0.3 is 14.5 Å². The smallest absolute Gasteiger partial charge is 0.451 e. The van der Waals surface area contributed by atoms with Crippen molar-refractivity contribution in [2.24, 2.45) is 5.41 Å². The molecule has 1 saturated carbocycles. The molecule has 0 aromatic carbocycles. The minimum absolute atomic E-state index is 0.0472. The molecule has 1 spiro atoms. The second-order valence-corrected chi connectivity index (χ2v) is 8.97. The summed E-state index contributed by atoms with van der Waals surface area (Å²) in [4.78, 5) is 27.6. The Morgan fingerprint density at radius 1 is 1.16 bits per heavy atom. The Hall–Kier alpha value is -2.92. The van der Waals surface area contributed by atoms with Gasteiger partial charge in [0, 0.05) is 49.8 Å². The maximum atomic E-state index is 12.9. The van der Waals surface area contributed by atoms with E-state index in [0.717, 1.165) is 44.1 Å². The number of likely N-dealkylation sites (tertiary alicyclic amines) is 2. The number of amides is 2. The van der Waals surface area contributed by atoms with E-state index in [1.165, 1.54) is 12.4 Å². The summed E-state index contributed by atoms with van der Waals surface area (Å²) in [7, 11) is 0. The molecule has 172 valence electrons. The number of carbonyl (C=O) groups is 1. The molecule has 3 fully saturated rings. The lowest BCUT2D eigenvalue weighted by Gasteiger charge is -2.53. The van der Waals surface area contributed by atoms with Gasteiger partial charge in [-0.15, -0.1) is 0 Å². The molecule has 2 saturated heterocycles. The van der Waals surface area contributed by atoms with Crippen molar-refractivity contribution in [3.8, 4) is 5.88 Å². The van der Waals surface area contributed by atoms with E-state index in [2.05, 4.69) is 25.1 Å². The van der Waals surface area contributed by atoms with Crippen molar-refractivity contribution in [1.82, 2.24) is 34.9 Å². The van der Waals surface area contributed by atoms with Gasteiger partial charge in [0.05, 0.1) is 0 Å². The average molecular weight is 451 g/mol. The van der Waals surface area contributed by atoms with Gasteiger partial charge in [-0.25, -0.2) is 14.8 Å². The van der Waals surface area contributed by atoms with Crippen LogP contribution < -0.4 is 4.74 Å². The van der Waals surface area contributed by atoms with Crippen molar-refractivity contribution in [3.05, 3.63) is 30.2 Å². The topological polar surface area (TPSA) is 100 Å². The van der Waals surface area contributed by atoms with Gasteiger partial charge in [-0.05, 0) is 32.1 Å². The van der Waals surface area contributed by atoms with Crippen molar-refractivity contribution in [3.63, 3.8) is 0 Å². The van der Waals surface area contributed by atoms with E-state index >= 15 is 0 Å². The Bertz CT molecular complexity index is 952. The van der Waals surface area contributed by atoms with Crippen LogP contribution in [0.4, 0.5) is 18.0 Å². The molecule has 2 amide bonds. The number of rotatable bonds is 3. The highest BCUT2D eigenvalue weighted by atomic mass is 19.4. The first kappa shape index (κ1) is 21.0. The van der Waals surface area contributed by atoms with Gasteiger partial charge in [0.25, 0.3) is 0 Å². The van der Waals surface area contributed by atoms with Crippen LogP contribution in [-0.2, 0) is 6.18 Å². The number of urea groups is 1. The monoisotopic (exact) mass is 451 g/mol. The van der Waals surface area contributed by atoms with Crippen LogP contribution in [0.25, 0.3) is 0 Å². The molecular weight excluding hydrogens is 427 g/mol. The standard InChI is InChI=1S/C20H24F3N7O2/c21-20(22,23)17-24-7-3-15(27-17)32-14-1-5-19(6-2-14)10-30(11-19)18(31)29-8-4-13(9-29)16-25-12-26-28-16/h3,7,12-14H,1-2,4-6,8-11H2,(H,25,26,28). The number of halogens is 3. The third-order valence-electron chi connectivity index (χ3n) is 6.77. The predicted molar refractivity (Wildman–Crippen MR) is 105 cm³/mol. The minimum Gasteiger partial charge on any atom is -0.474 e. The minimum atomic E-state index is -4.60. The van der Waals surface area contributed by atoms with Gasteiger partial charge in [0.1, 0.15) is 18.3 Å². The van der Waals surface area contributed by atoms with Gasteiger partial charge in [-0.3, -0.25) is 5.10 Å². The Balaban J connectivity index is 1.09. The largest absolute Gasteiger partial charge is 0.474 e. The van der Waals surface area contributed by atoms with E-state index in [1.54, 1.807) is 0 Å². The number of H-pyrrole nitrogens is 1. The predicted octanol–water partition coefficient (Wildman–Crippen LogP) is 2.85. The van der Waals surface area contributed by atoms with Gasteiger partial charge >= 0.3 is 12.2 Å². The summed E-state index contributed by atoms with van der Waals surface area (Å²) >= 11 is 0. The molecular formula is C20H24F3N7O2. The highest BCUT2D eigenvalue weighted by Crippen LogP contribution is 2.45. The lowest BCUT2D eigenvalue weighted by molar-refractivity contribution is -0.145. The second kappa shape index (κ2) is 7.89. The lowest BCUT2D eigenvalue weighted by atomic mass is 9.68. The van der Waals surface area contributed by atoms with Crippen molar-refractivity contribution < 1.29 is 22.7 Å². The van der Waals surface area contributed by atoms with Crippen LogP contribution in [0.3, 0.4) is 0 Å². The molecule has 5 rings (SSSR count). The van der Waals surface area contributed by atoms with E-state index in [1.807, 2.05) is 9.80 Å². The summed E-state index contributed by atoms with van der Waals surface area (Å²) in [5, 5.41) is 6.77. The normalized spacial score (nSPS) is 23.4. The SMILES string of the molecule is O=C(N1CCC(c2ncn[nH]2)C1)N1CC2(CCC(Oc3ccnc(C(F)(F)F)n3)CC2)C1. The second-order valence-electron chi connectivity index (χ2n) is 8.97. The molecule has 9 nitrogen and oxygen atoms in total. The van der Waals surface area contributed by atoms with Gasteiger partial charge in [-0.1, -0.05) is 0 Å². The summed E-state index contributed by atoms with van der Waals surface area (Å²) in [6.07, 6.45) is 1.85. The molecule has 2 aliphatic heterocycles. The van der Waals surface area contributed by atoms with Crippen molar-refractivity contribution in [2.75, 3.05) is 26.2 Å². The summed E-state index contributed by atoms with van der Waals surface area (Å²) in [5.41, 5.74) is 0.0857. The zero-order valence-corrected chi connectivity index (χ0v) is 17.4. The molecule has 1 atom stereocenters. The number of nitrogens with one attached hydrogen (secondary N) is 1. The zero-order valence-electron chi connectivity index (χ0n) is 17.4. The van der Waals surface area contributed by atoms with E-state index in [-0.39, 0.29) is 29.3 Å². The highest BCUT2D eigenvalue weighted by Gasteiger charge is 2.49. The molecule has 4 heterocycles.